The second kappa shape index (κ2) is 10.1. The van der Waals surface area contributed by atoms with E-state index in [4.69, 9.17) is 25.8 Å². The summed E-state index contributed by atoms with van der Waals surface area (Å²) in [4.78, 5) is 12.6. The minimum Gasteiger partial charge on any atom is -0.492 e. The van der Waals surface area contributed by atoms with Crippen LogP contribution in [0.25, 0.3) is 0 Å². The van der Waals surface area contributed by atoms with Crippen LogP contribution in [0.4, 0.5) is 5.69 Å². The van der Waals surface area contributed by atoms with Crippen LogP contribution in [0.3, 0.4) is 0 Å². The number of anilines is 1. The third-order valence-electron chi connectivity index (χ3n) is 4.48. The van der Waals surface area contributed by atoms with Gasteiger partial charge < -0.3 is 19.5 Å². The smallest absolute Gasteiger partial charge is 0.256 e. The lowest BCUT2D eigenvalue weighted by atomic mass is 10.0. The zero-order valence-electron chi connectivity index (χ0n) is 16.8. The minimum atomic E-state index is -0.858. The Bertz CT molecular complexity index is 591. The fraction of sp³-hybridized carbons (Fsp3) is 0.650. The van der Waals surface area contributed by atoms with E-state index >= 15 is 0 Å². The van der Waals surface area contributed by atoms with Gasteiger partial charge in [0.1, 0.15) is 11.4 Å². The molecular weight excluding hydrogens is 354 g/mol. The molecule has 0 aliphatic carbocycles. The Morgan fingerprint density at radius 3 is 2.42 bits per heavy atom. The number of halogens is 1. The number of ether oxygens (including phenoxy) is 3. The molecule has 0 fully saturated rings. The lowest BCUT2D eigenvalue weighted by Gasteiger charge is -2.27. The van der Waals surface area contributed by atoms with Gasteiger partial charge in [-0.2, -0.15) is 0 Å². The third-order valence-corrected chi connectivity index (χ3v) is 4.78. The lowest BCUT2D eigenvalue weighted by molar-refractivity contribution is -0.139. The zero-order chi connectivity index (χ0) is 19.8. The normalized spacial score (nSPS) is 14.0. The highest BCUT2D eigenvalue weighted by Crippen LogP contribution is 2.29. The minimum absolute atomic E-state index is 0.181. The fourth-order valence-electron chi connectivity index (χ4n) is 2.12. The number of methoxy groups -OCH3 is 1. The fourth-order valence-corrected chi connectivity index (χ4v) is 2.36. The van der Waals surface area contributed by atoms with Crippen molar-refractivity contribution in [2.24, 2.45) is 0 Å². The summed E-state index contributed by atoms with van der Waals surface area (Å²) < 4.78 is 16.8. The molecule has 0 aliphatic heterocycles. The van der Waals surface area contributed by atoms with Gasteiger partial charge in [-0.05, 0) is 51.8 Å². The van der Waals surface area contributed by atoms with Crippen LogP contribution in [0.15, 0.2) is 18.2 Å². The highest BCUT2D eigenvalue weighted by molar-refractivity contribution is 6.32. The molecule has 1 unspecified atom stereocenters. The summed E-state index contributed by atoms with van der Waals surface area (Å²) in [7, 11) is 1.68. The number of hydrogen-bond donors (Lipinski definition) is 1. The highest BCUT2D eigenvalue weighted by atomic mass is 35.5. The monoisotopic (exact) mass is 385 g/mol. The average Bonchev–Trinajstić information content (AvgIpc) is 2.61. The van der Waals surface area contributed by atoms with E-state index < -0.39 is 5.60 Å². The average molecular weight is 386 g/mol. The molecule has 1 N–H and O–H groups in total. The Morgan fingerprint density at radius 2 is 1.88 bits per heavy atom. The first-order valence-electron chi connectivity index (χ1n) is 9.10. The van der Waals surface area contributed by atoms with Crippen molar-refractivity contribution in [3.05, 3.63) is 23.2 Å². The number of rotatable bonds is 11. The predicted molar refractivity (Wildman–Crippen MR) is 106 cm³/mol. The first-order valence-corrected chi connectivity index (χ1v) is 9.48. The Labute approximate surface area is 162 Å². The van der Waals surface area contributed by atoms with Crippen LogP contribution in [0.1, 0.15) is 53.9 Å². The van der Waals surface area contributed by atoms with Crippen molar-refractivity contribution < 1.29 is 19.0 Å². The number of hydrogen-bond acceptors (Lipinski definition) is 4. The van der Waals surface area contributed by atoms with E-state index in [0.717, 1.165) is 12.8 Å². The van der Waals surface area contributed by atoms with E-state index in [1.54, 1.807) is 32.2 Å². The van der Waals surface area contributed by atoms with Crippen LogP contribution in [-0.2, 0) is 14.3 Å². The van der Waals surface area contributed by atoms with Gasteiger partial charge >= 0.3 is 0 Å². The molecule has 0 saturated heterocycles. The van der Waals surface area contributed by atoms with Gasteiger partial charge in [-0.15, -0.1) is 0 Å². The quantitative estimate of drug-likeness (QED) is 0.577. The molecule has 26 heavy (non-hydrogen) atoms. The Morgan fingerprint density at radius 1 is 1.19 bits per heavy atom. The summed E-state index contributed by atoms with van der Waals surface area (Å²) in [6.45, 7) is 10.8. The van der Waals surface area contributed by atoms with Gasteiger partial charge in [0, 0.05) is 25.8 Å². The van der Waals surface area contributed by atoms with E-state index in [9.17, 15) is 4.79 Å². The summed E-state index contributed by atoms with van der Waals surface area (Å²) in [5, 5.41) is 3.33. The molecule has 1 rings (SSSR count). The summed E-state index contributed by atoms with van der Waals surface area (Å²) in [6, 6.07) is 5.22. The maximum Gasteiger partial charge on any atom is 0.256 e. The van der Waals surface area contributed by atoms with Crippen LogP contribution in [-0.4, -0.2) is 37.4 Å². The van der Waals surface area contributed by atoms with Gasteiger partial charge in [0.2, 0.25) is 0 Å². The van der Waals surface area contributed by atoms with Crippen molar-refractivity contribution in [2.45, 2.75) is 65.1 Å². The number of carbonyl (C=O) groups excluding carboxylic acids is 1. The Balaban J connectivity index is 2.70. The van der Waals surface area contributed by atoms with Gasteiger partial charge in [0.05, 0.1) is 17.2 Å². The van der Waals surface area contributed by atoms with E-state index in [1.165, 1.54) is 0 Å². The van der Waals surface area contributed by atoms with E-state index in [-0.39, 0.29) is 11.5 Å². The second-order valence-corrected chi connectivity index (χ2v) is 7.50. The SMILES string of the molecule is CCCOC(C)(CC)C(=O)Nc1ccc(OCCC(C)(C)OC)c(Cl)c1. The van der Waals surface area contributed by atoms with E-state index in [1.807, 2.05) is 27.7 Å². The molecule has 0 heterocycles. The van der Waals surface area contributed by atoms with Gasteiger partial charge in [-0.3, -0.25) is 4.79 Å². The van der Waals surface area contributed by atoms with Gasteiger partial charge in [-0.25, -0.2) is 0 Å². The summed E-state index contributed by atoms with van der Waals surface area (Å²) in [5.74, 6) is 0.400. The van der Waals surface area contributed by atoms with Crippen molar-refractivity contribution in [3.8, 4) is 5.75 Å². The molecule has 1 atom stereocenters. The molecule has 0 radical (unpaired) electrons. The highest BCUT2D eigenvalue weighted by Gasteiger charge is 2.32. The van der Waals surface area contributed by atoms with Gasteiger partial charge in [-0.1, -0.05) is 25.4 Å². The van der Waals surface area contributed by atoms with Crippen molar-refractivity contribution >= 4 is 23.2 Å². The number of benzene rings is 1. The van der Waals surface area contributed by atoms with E-state index in [0.29, 0.717) is 36.1 Å². The van der Waals surface area contributed by atoms with Crippen molar-refractivity contribution in [3.63, 3.8) is 0 Å². The van der Waals surface area contributed by atoms with Gasteiger partial charge in [0.15, 0.2) is 0 Å². The summed E-state index contributed by atoms with van der Waals surface area (Å²) >= 11 is 6.29. The second-order valence-electron chi connectivity index (χ2n) is 7.09. The number of nitrogens with one attached hydrogen (secondary N) is 1. The first-order chi connectivity index (χ1) is 12.2. The topological polar surface area (TPSA) is 56.8 Å². The number of carbonyl (C=O) groups is 1. The largest absolute Gasteiger partial charge is 0.492 e. The van der Waals surface area contributed by atoms with Gasteiger partial charge in [0.25, 0.3) is 5.91 Å². The molecule has 1 aromatic rings. The van der Waals surface area contributed by atoms with Crippen LogP contribution in [0, 0.1) is 0 Å². The van der Waals surface area contributed by atoms with Crippen LogP contribution in [0.2, 0.25) is 5.02 Å². The lowest BCUT2D eigenvalue weighted by Crippen LogP contribution is -2.42. The van der Waals surface area contributed by atoms with Crippen molar-refractivity contribution in [2.75, 3.05) is 25.6 Å². The maximum atomic E-state index is 12.6. The molecule has 0 bridgehead atoms. The standard InChI is InChI=1S/C20H32ClNO4/c1-7-12-26-20(5,8-2)18(23)22-15-9-10-17(16(21)14-15)25-13-11-19(3,4)24-6/h9-10,14H,7-8,11-13H2,1-6H3,(H,22,23). The van der Waals surface area contributed by atoms with Crippen LogP contribution in [0.5, 0.6) is 5.75 Å². The van der Waals surface area contributed by atoms with E-state index in [2.05, 4.69) is 5.32 Å². The Hall–Kier alpha value is -1.30. The van der Waals surface area contributed by atoms with Crippen molar-refractivity contribution in [1.82, 2.24) is 0 Å². The number of amides is 1. The first kappa shape index (κ1) is 22.7. The predicted octanol–water partition coefficient (Wildman–Crippen LogP) is 5.07. The molecular formula is C20H32ClNO4. The third kappa shape index (κ3) is 6.78. The molecule has 0 aromatic heterocycles. The molecule has 5 nitrogen and oxygen atoms in total. The maximum absolute atomic E-state index is 12.6. The summed E-state index contributed by atoms with van der Waals surface area (Å²) in [6.07, 6.45) is 2.19. The van der Waals surface area contributed by atoms with Crippen LogP contribution >= 0.6 is 11.6 Å². The molecule has 148 valence electrons. The molecule has 0 aliphatic rings. The molecule has 0 saturated carbocycles. The molecule has 6 heteroatoms. The molecule has 1 aromatic carbocycles. The zero-order valence-corrected chi connectivity index (χ0v) is 17.5. The molecule has 1 amide bonds. The van der Waals surface area contributed by atoms with Crippen molar-refractivity contribution in [1.29, 1.82) is 0 Å². The Kier molecular flexibility index (Phi) is 8.87. The molecule has 0 spiro atoms. The van der Waals surface area contributed by atoms with Crippen LogP contribution < -0.4 is 10.1 Å². The summed E-state index contributed by atoms with van der Waals surface area (Å²) in [5.41, 5.74) is -0.489.